The predicted octanol–water partition coefficient (Wildman–Crippen LogP) is 9.38. The molecule has 0 heterocycles. The fourth-order valence-electron chi connectivity index (χ4n) is 4.22. The lowest BCUT2D eigenvalue weighted by atomic mass is 9.85. The second kappa shape index (κ2) is 13.0. The van der Waals surface area contributed by atoms with Gasteiger partial charge in [0.15, 0.2) is 0 Å². The lowest BCUT2D eigenvalue weighted by Crippen LogP contribution is -2.11. The minimum Gasteiger partial charge on any atom is -0.508 e. The molecule has 4 aromatic rings. The van der Waals surface area contributed by atoms with Crippen LogP contribution in [0.2, 0.25) is 0 Å². The summed E-state index contributed by atoms with van der Waals surface area (Å²) in [5.41, 5.74) is 7.83. The number of hydrogen-bond acceptors (Lipinski definition) is 4. The fourth-order valence-corrected chi connectivity index (χ4v) is 4.22. The zero-order chi connectivity index (χ0) is 30.4. The van der Waals surface area contributed by atoms with Gasteiger partial charge >= 0.3 is 0 Å². The molecule has 4 rings (SSSR count). The van der Waals surface area contributed by atoms with E-state index in [0.29, 0.717) is 11.5 Å². The lowest BCUT2D eigenvalue weighted by Gasteiger charge is -2.20. The van der Waals surface area contributed by atoms with E-state index in [9.17, 15) is 20.4 Å². The van der Waals surface area contributed by atoms with Crippen molar-refractivity contribution >= 4 is 0 Å². The summed E-state index contributed by atoms with van der Waals surface area (Å²) in [6.07, 6.45) is 0. The number of phenolic OH excluding ortho intramolecular Hbond substituents is 4. The molecule has 4 N–H and O–H groups in total. The van der Waals surface area contributed by atoms with E-state index < -0.39 is 0 Å². The highest BCUT2D eigenvalue weighted by Gasteiger charge is 2.18. The van der Waals surface area contributed by atoms with Gasteiger partial charge in [-0.05, 0) is 96.7 Å². The zero-order valence-electron chi connectivity index (χ0n) is 25.7. The van der Waals surface area contributed by atoms with Crippen LogP contribution in [0.15, 0.2) is 72.8 Å². The van der Waals surface area contributed by atoms with Gasteiger partial charge in [0.2, 0.25) is 0 Å². The molecule has 0 atom stereocenters. The van der Waals surface area contributed by atoms with Crippen LogP contribution in [0.1, 0.15) is 74.9 Å². The lowest BCUT2D eigenvalue weighted by molar-refractivity contribution is 0.443. The molecule has 0 saturated carbocycles. The highest BCUT2D eigenvalue weighted by Crippen LogP contribution is 2.34. The van der Waals surface area contributed by atoms with E-state index in [-0.39, 0.29) is 22.3 Å². The van der Waals surface area contributed by atoms with E-state index in [0.717, 1.165) is 38.9 Å². The first-order chi connectivity index (χ1) is 18.4. The Hall–Kier alpha value is -3.92. The largest absolute Gasteiger partial charge is 0.508 e. The first-order valence-corrected chi connectivity index (χ1v) is 13.6. The predicted molar refractivity (Wildman–Crippen MR) is 168 cm³/mol. The highest BCUT2D eigenvalue weighted by molar-refractivity contribution is 5.72. The smallest absolute Gasteiger partial charge is 0.123 e. The summed E-state index contributed by atoms with van der Waals surface area (Å²) < 4.78 is 0. The quantitative estimate of drug-likeness (QED) is 0.193. The molecule has 0 amide bonds. The van der Waals surface area contributed by atoms with Gasteiger partial charge in [-0.25, -0.2) is 0 Å². The first-order valence-electron chi connectivity index (χ1n) is 13.6. The number of aryl methyl sites for hydroxylation is 4. The van der Waals surface area contributed by atoms with Gasteiger partial charge in [0.05, 0.1) is 0 Å². The minimum atomic E-state index is 0.0239. The Labute approximate surface area is 240 Å². The standard InChI is InChI=1S/C14H14O2.2C11H16O/c1-9-3-5-14(16)12(7-9)11-4-6-13(15)10(2)8-11;1-8-5-6-10(12)9(7-8)11(2,3)4;1-8-6-5-7-9(10(8)12)11(2,3)4/h3-8,15-16H,1-2H3;2*5-7,12H,1-4H3. The molecule has 40 heavy (non-hydrogen) atoms. The molecule has 0 aliphatic rings. The number of rotatable bonds is 1. The van der Waals surface area contributed by atoms with Gasteiger partial charge < -0.3 is 20.4 Å². The maximum Gasteiger partial charge on any atom is 0.123 e. The van der Waals surface area contributed by atoms with Crippen LogP contribution in [-0.4, -0.2) is 20.4 Å². The third-order valence-electron chi connectivity index (χ3n) is 6.67. The van der Waals surface area contributed by atoms with Gasteiger partial charge in [-0.3, -0.25) is 0 Å². The van der Waals surface area contributed by atoms with Crippen molar-refractivity contribution < 1.29 is 20.4 Å². The highest BCUT2D eigenvalue weighted by atomic mass is 16.3. The third kappa shape index (κ3) is 8.81. The van der Waals surface area contributed by atoms with Crippen LogP contribution in [0.25, 0.3) is 11.1 Å². The molecular weight excluding hydrogens is 496 g/mol. The third-order valence-corrected chi connectivity index (χ3v) is 6.67. The summed E-state index contributed by atoms with van der Waals surface area (Å²) in [5, 5.41) is 38.5. The molecule has 0 aromatic heterocycles. The van der Waals surface area contributed by atoms with Crippen LogP contribution in [0, 0.1) is 27.7 Å². The van der Waals surface area contributed by atoms with Crippen molar-refractivity contribution in [3.63, 3.8) is 0 Å². The Kier molecular flexibility index (Phi) is 10.5. The van der Waals surface area contributed by atoms with Crippen LogP contribution >= 0.6 is 0 Å². The molecular formula is C36H46O4. The summed E-state index contributed by atoms with van der Waals surface area (Å²) >= 11 is 0. The molecule has 0 radical (unpaired) electrons. The van der Waals surface area contributed by atoms with Gasteiger partial charge in [0.1, 0.15) is 23.0 Å². The molecule has 0 aliphatic carbocycles. The van der Waals surface area contributed by atoms with Gasteiger partial charge in [-0.2, -0.15) is 0 Å². The van der Waals surface area contributed by atoms with Crippen molar-refractivity contribution in [3.05, 3.63) is 106 Å². The van der Waals surface area contributed by atoms with Crippen LogP contribution in [0.3, 0.4) is 0 Å². The van der Waals surface area contributed by atoms with Crippen molar-refractivity contribution in [1.82, 2.24) is 0 Å². The molecule has 0 aliphatic heterocycles. The van der Waals surface area contributed by atoms with Crippen LogP contribution < -0.4 is 0 Å². The van der Waals surface area contributed by atoms with Crippen LogP contribution in [0.4, 0.5) is 0 Å². The number of hydrogen-bond donors (Lipinski definition) is 4. The first kappa shape index (κ1) is 32.3. The van der Waals surface area contributed by atoms with E-state index >= 15 is 0 Å². The summed E-state index contributed by atoms with van der Waals surface area (Å²) in [4.78, 5) is 0. The number of benzene rings is 4. The van der Waals surface area contributed by atoms with Gasteiger partial charge in [0.25, 0.3) is 0 Å². The van der Waals surface area contributed by atoms with Crippen molar-refractivity contribution in [3.8, 4) is 34.1 Å². The second-order valence-corrected chi connectivity index (χ2v) is 12.5. The Morgan fingerprint density at radius 3 is 1.50 bits per heavy atom. The van der Waals surface area contributed by atoms with Crippen LogP contribution in [-0.2, 0) is 10.8 Å². The number of para-hydroxylation sites is 1. The number of aromatic hydroxyl groups is 4. The Balaban J connectivity index is 0.000000214. The molecule has 4 aromatic carbocycles. The SMILES string of the molecule is Cc1ccc(O)c(-c2ccc(O)c(C)c2)c1.Cc1ccc(O)c(C(C)(C)C)c1.Cc1cccc(C(C)(C)C)c1O. The summed E-state index contributed by atoms with van der Waals surface area (Å²) in [6.45, 7) is 20.4. The van der Waals surface area contributed by atoms with E-state index in [1.807, 2.05) is 76.2 Å². The maximum absolute atomic E-state index is 9.79. The second-order valence-electron chi connectivity index (χ2n) is 12.5. The van der Waals surface area contributed by atoms with Crippen molar-refractivity contribution in [1.29, 1.82) is 0 Å². The van der Waals surface area contributed by atoms with Crippen molar-refractivity contribution in [2.24, 2.45) is 0 Å². The van der Waals surface area contributed by atoms with E-state index in [4.69, 9.17) is 0 Å². The van der Waals surface area contributed by atoms with Gasteiger partial charge in [0, 0.05) is 5.56 Å². The molecule has 4 nitrogen and oxygen atoms in total. The average Bonchev–Trinajstić information content (AvgIpc) is 2.85. The normalized spacial score (nSPS) is 11.2. The van der Waals surface area contributed by atoms with Gasteiger partial charge in [-0.1, -0.05) is 95.1 Å². The molecule has 0 bridgehead atoms. The molecule has 4 heteroatoms. The van der Waals surface area contributed by atoms with Crippen LogP contribution in [0.5, 0.6) is 23.0 Å². The van der Waals surface area contributed by atoms with Crippen molar-refractivity contribution in [2.75, 3.05) is 0 Å². The summed E-state index contributed by atoms with van der Waals surface area (Å²) in [7, 11) is 0. The molecule has 0 fully saturated rings. The topological polar surface area (TPSA) is 80.9 Å². The molecule has 214 valence electrons. The molecule has 0 unspecified atom stereocenters. The van der Waals surface area contributed by atoms with Crippen molar-refractivity contribution in [2.45, 2.75) is 80.1 Å². The molecule has 0 spiro atoms. The summed E-state index contributed by atoms with van der Waals surface area (Å²) in [5.74, 6) is 1.37. The monoisotopic (exact) mass is 542 g/mol. The van der Waals surface area contributed by atoms with E-state index in [2.05, 4.69) is 41.5 Å². The Morgan fingerprint density at radius 2 is 1.00 bits per heavy atom. The Morgan fingerprint density at radius 1 is 0.475 bits per heavy atom. The fraction of sp³-hybridized carbons (Fsp3) is 0.333. The minimum absolute atomic E-state index is 0.0239. The Bertz CT molecular complexity index is 1420. The zero-order valence-corrected chi connectivity index (χ0v) is 25.7. The van der Waals surface area contributed by atoms with E-state index in [1.54, 1.807) is 24.3 Å². The van der Waals surface area contributed by atoms with E-state index in [1.165, 1.54) is 5.56 Å². The molecule has 0 saturated heterocycles. The summed E-state index contributed by atoms with van der Waals surface area (Å²) in [6, 6.07) is 22.4. The maximum atomic E-state index is 9.79. The average molecular weight is 543 g/mol. The van der Waals surface area contributed by atoms with Gasteiger partial charge in [-0.15, -0.1) is 0 Å². The number of phenols is 4.